The molecule has 5 atom stereocenters. The van der Waals surface area contributed by atoms with Crippen molar-refractivity contribution in [3.8, 4) is 0 Å². The lowest BCUT2D eigenvalue weighted by Crippen LogP contribution is -2.52. The molecule has 4 aliphatic rings. The van der Waals surface area contributed by atoms with Gasteiger partial charge in [0, 0.05) is 3.92 Å². The number of aryl methyl sites for hydroxylation is 2. The summed E-state index contributed by atoms with van der Waals surface area (Å²) in [6.07, 6.45) is 14.0. The third kappa shape index (κ3) is 4.16. The van der Waals surface area contributed by atoms with Crippen LogP contribution in [0.15, 0.2) is 60.7 Å². The summed E-state index contributed by atoms with van der Waals surface area (Å²) in [4.78, 5) is 0. The van der Waals surface area contributed by atoms with E-state index in [1.54, 1.807) is 22.3 Å². The minimum absolute atomic E-state index is 0.348. The van der Waals surface area contributed by atoms with Crippen molar-refractivity contribution >= 4 is 22.6 Å². The number of fused-ring (bicyclic) bond motifs is 6. The molecule has 0 saturated heterocycles. The highest BCUT2D eigenvalue weighted by atomic mass is 127. The first kappa shape index (κ1) is 25.6. The predicted octanol–water partition coefficient (Wildman–Crippen LogP) is 9.62. The third-order valence-corrected chi connectivity index (χ3v) is 13.0. The summed E-state index contributed by atoms with van der Waals surface area (Å²) in [6.45, 7) is 14.8. The summed E-state index contributed by atoms with van der Waals surface area (Å²) < 4.78 is 0.832. The maximum Gasteiger partial charge on any atom is 0.0164 e. The number of hydrogen-bond acceptors (Lipinski definition) is 0. The van der Waals surface area contributed by atoms with E-state index in [2.05, 4.69) is 125 Å². The number of benzene rings is 2. The van der Waals surface area contributed by atoms with Gasteiger partial charge in [0.15, 0.2) is 0 Å². The highest BCUT2D eigenvalue weighted by Crippen LogP contribution is 2.59. The van der Waals surface area contributed by atoms with Gasteiger partial charge < -0.3 is 0 Å². The fourth-order valence-electron chi connectivity index (χ4n) is 8.89. The van der Waals surface area contributed by atoms with Gasteiger partial charge in [0.05, 0.1) is 0 Å². The molecule has 0 amide bonds. The molecule has 0 N–H and O–H groups in total. The van der Waals surface area contributed by atoms with Crippen LogP contribution in [0.1, 0.15) is 95.9 Å². The molecule has 0 aromatic heterocycles. The predicted molar refractivity (Wildman–Crippen MR) is 160 cm³/mol. The van der Waals surface area contributed by atoms with Crippen LogP contribution in [0, 0.1) is 22.7 Å². The van der Waals surface area contributed by atoms with Crippen LogP contribution in [0.5, 0.6) is 0 Å². The van der Waals surface area contributed by atoms with E-state index in [0.29, 0.717) is 21.7 Å². The van der Waals surface area contributed by atoms with Crippen LogP contribution in [0.25, 0.3) is 0 Å². The number of alkyl halides is 1. The molecular formula is C34H45I. The Labute approximate surface area is 228 Å². The molecule has 1 fully saturated rings. The van der Waals surface area contributed by atoms with E-state index in [1.807, 2.05) is 0 Å². The second-order valence-electron chi connectivity index (χ2n) is 13.6. The molecule has 2 aromatic carbocycles. The first-order chi connectivity index (χ1) is 16.5. The van der Waals surface area contributed by atoms with Crippen LogP contribution in [0.2, 0.25) is 0 Å². The largest absolute Gasteiger partial charge is 0.0871 e. The second kappa shape index (κ2) is 9.03. The minimum atomic E-state index is 0.348. The van der Waals surface area contributed by atoms with Crippen LogP contribution in [-0.2, 0) is 23.7 Å². The van der Waals surface area contributed by atoms with Gasteiger partial charge >= 0.3 is 0 Å². The van der Waals surface area contributed by atoms with Gasteiger partial charge in [0.2, 0.25) is 0 Å². The smallest absolute Gasteiger partial charge is 0.0164 e. The summed E-state index contributed by atoms with van der Waals surface area (Å²) in [5.41, 5.74) is 8.04. The summed E-state index contributed by atoms with van der Waals surface area (Å²) in [5.74, 6) is 1.63. The van der Waals surface area contributed by atoms with Crippen LogP contribution in [-0.4, -0.2) is 3.92 Å². The van der Waals surface area contributed by atoms with Crippen molar-refractivity contribution in [1.82, 2.24) is 0 Å². The Bertz CT molecular complexity index is 1110. The molecule has 0 unspecified atom stereocenters. The van der Waals surface area contributed by atoms with Crippen molar-refractivity contribution in [2.24, 2.45) is 22.7 Å². The molecule has 6 rings (SSSR count). The Morgan fingerprint density at radius 3 is 1.86 bits per heavy atom. The first-order valence-corrected chi connectivity index (χ1v) is 15.2. The Balaban J connectivity index is 0.000000145. The quantitative estimate of drug-likeness (QED) is 0.165. The van der Waals surface area contributed by atoms with Crippen LogP contribution in [0.3, 0.4) is 0 Å². The molecule has 4 aliphatic carbocycles. The van der Waals surface area contributed by atoms with Crippen LogP contribution >= 0.6 is 22.6 Å². The van der Waals surface area contributed by atoms with Crippen LogP contribution < -0.4 is 0 Å². The first-order valence-electron chi connectivity index (χ1n) is 14.0. The van der Waals surface area contributed by atoms with Gasteiger partial charge in [-0.25, -0.2) is 0 Å². The lowest BCUT2D eigenvalue weighted by molar-refractivity contribution is 0.0521. The third-order valence-electron chi connectivity index (χ3n) is 10.8. The van der Waals surface area contributed by atoms with E-state index in [0.717, 1.165) is 15.8 Å². The van der Waals surface area contributed by atoms with E-state index >= 15 is 0 Å². The van der Waals surface area contributed by atoms with Gasteiger partial charge in [0.25, 0.3) is 0 Å². The van der Waals surface area contributed by atoms with Crippen molar-refractivity contribution < 1.29 is 0 Å². The standard InChI is InChI=1S/C17H23I.C17H22/c1-16(2)14-9-8-12-6-4-5-7-13(12)17(14,3)11-10-15(16)18;1-16(2)11-6-12-17(3)14-8-5-4-7-13(14)9-10-15(16)17/h4-7,14-15H,8-11H2,1-3H3;4-8,11,15H,9-10,12H2,1-3H3/t14-,15-,17+;15-,17+/m00/s1. The van der Waals surface area contributed by atoms with Gasteiger partial charge in [-0.3, -0.25) is 0 Å². The van der Waals surface area contributed by atoms with Crippen molar-refractivity contribution in [3.63, 3.8) is 0 Å². The van der Waals surface area contributed by atoms with Gasteiger partial charge in [0.1, 0.15) is 0 Å². The average molecular weight is 581 g/mol. The molecule has 1 saturated carbocycles. The molecule has 0 spiro atoms. The highest BCUT2D eigenvalue weighted by Gasteiger charge is 2.53. The normalized spacial score (nSPS) is 35.9. The molecule has 2 aromatic rings. The average Bonchev–Trinajstić information content (AvgIpc) is 2.82. The SMILES string of the molecule is CC1(C)C=CC[C@]2(C)c3ccccc3CC[C@@H]12.CC1(C)[C@@H](I)CC[C@]2(C)c3ccccc3CC[C@@H]12. The zero-order valence-corrected chi connectivity index (χ0v) is 25.0. The van der Waals surface area contributed by atoms with Crippen molar-refractivity contribution in [3.05, 3.63) is 82.9 Å². The van der Waals surface area contributed by atoms with E-state index in [9.17, 15) is 0 Å². The molecular weight excluding hydrogens is 535 g/mol. The van der Waals surface area contributed by atoms with Crippen molar-refractivity contribution in [2.45, 2.75) is 101 Å². The van der Waals surface area contributed by atoms with Crippen molar-refractivity contribution in [2.75, 3.05) is 0 Å². The molecule has 0 aliphatic heterocycles. The lowest BCUT2D eigenvalue weighted by Gasteiger charge is -2.56. The Hall–Kier alpha value is -1.09. The second-order valence-corrected chi connectivity index (χ2v) is 15.1. The van der Waals surface area contributed by atoms with Gasteiger partial charge in [-0.15, -0.1) is 0 Å². The summed E-state index contributed by atoms with van der Waals surface area (Å²) in [5, 5.41) is 0. The van der Waals surface area contributed by atoms with Gasteiger partial charge in [-0.1, -0.05) is 125 Å². The number of halogens is 1. The van der Waals surface area contributed by atoms with Gasteiger partial charge in [-0.2, -0.15) is 0 Å². The summed E-state index contributed by atoms with van der Waals surface area (Å²) >= 11 is 2.69. The number of allylic oxidation sites excluding steroid dienone is 2. The minimum Gasteiger partial charge on any atom is -0.0871 e. The van der Waals surface area contributed by atoms with Crippen LogP contribution in [0.4, 0.5) is 0 Å². The van der Waals surface area contributed by atoms with Gasteiger partial charge in [-0.05, 0) is 101 Å². The Morgan fingerprint density at radius 2 is 1.23 bits per heavy atom. The molecule has 188 valence electrons. The molecule has 35 heavy (non-hydrogen) atoms. The van der Waals surface area contributed by atoms with Crippen molar-refractivity contribution in [1.29, 1.82) is 0 Å². The maximum atomic E-state index is 2.69. The summed E-state index contributed by atoms with van der Waals surface area (Å²) in [7, 11) is 0. The lowest BCUT2D eigenvalue weighted by atomic mass is 9.50. The highest BCUT2D eigenvalue weighted by molar-refractivity contribution is 14.1. The fourth-order valence-corrected chi connectivity index (χ4v) is 9.64. The Kier molecular flexibility index (Phi) is 6.59. The monoisotopic (exact) mass is 580 g/mol. The Morgan fingerprint density at radius 1 is 0.686 bits per heavy atom. The number of hydrogen-bond donors (Lipinski definition) is 0. The fraction of sp³-hybridized carbons (Fsp3) is 0.588. The van der Waals surface area contributed by atoms with E-state index in [1.165, 1.54) is 44.9 Å². The zero-order valence-electron chi connectivity index (χ0n) is 22.8. The topological polar surface area (TPSA) is 0 Å². The molecule has 0 radical (unpaired) electrons. The summed E-state index contributed by atoms with van der Waals surface area (Å²) in [6, 6.07) is 18.3. The van der Waals surface area contributed by atoms with E-state index < -0.39 is 0 Å². The van der Waals surface area contributed by atoms with E-state index in [-0.39, 0.29) is 0 Å². The zero-order chi connectivity index (χ0) is 25.1. The molecule has 1 heteroatoms. The maximum absolute atomic E-state index is 2.69. The molecule has 0 heterocycles. The molecule has 0 nitrogen and oxygen atoms in total. The molecule has 0 bridgehead atoms. The number of rotatable bonds is 0. The van der Waals surface area contributed by atoms with E-state index in [4.69, 9.17) is 0 Å².